The normalized spacial score (nSPS) is 11.2. The molecule has 0 aromatic heterocycles. The van der Waals surface area contributed by atoms with Gasteiger partial charge < -0.3 is 10.3 Å². The van der Waals surface area contributed by atoms with E-state index >= 15 is 0 Å². The van der Waals surface area contributed by atoms with E-state index in [1.54, 1.807) is 0 Å². The average Bonchev–Trinajstić information content (AvgIpc) is 1.91. The van der Waals surface area contributed by atoms with Crippen molar-refractivity contribution >= 4 is 5.97 Å². The third-order valence-electron chi connectivity index (χ3n) is 1.22. The standard InChI is InChI=1S/C6H12O2.H3NO/c1-3-5(2)4-6(7)8;1-2/h5H,3-4H2,1-2H3,(H,7,8);2H,1H2. The molecule has 1 unspecified atom stereocenters. The minimum atomic E-state index is -0.695. The highest BCUT2D eigenvalue weighted by Crippen LogP contribution is 2.04. The molecule has 0 aromatic rings. The van der Waals surface area contributed by atoms with Gasteiger partial charge in [-0.25, -0.2) is 5.90 Å². The van der Waals surface area contributed by atoms with E-state index in [0.29, 0.717) is 12.3 Å². The summed E-state index contributed by atoms with van der Waals surface area (Å²) in [6.45, 7) is 3.93. The first-order valence-electron chi connectivity index (χ1n) is 3.14. The number of carbonyl (C=O) groups is 1. The van der Waals surface area contributed by atoms with E-state index in [9.17, 15) is 4.79 Å². The molecule has 1 atom stereocenters. The third-order valence-corrected chi connectivity index (χ3v) is 1.22. The Bertz CT molecular complexity index is 85.1. The molecule has 0 fully saturated rings. The summed E-state index contributed by atoms with van der Waals surface area (Å²) in [4.78, 5) is 9.97. The number of carboxylic acid groups (broad SMARTS) is 1. The van der Waals surface area contributed by atoms with Gasteiger partial charge in [0.25, 0.3) is 0 Å². The second-order valence-electron chi connectivity index (χ2n) is 2.11. The zero-order valence-corrected chi connectivity index (χ0v) is 6.37. The lowest BCUT2D eigenvalue weighted by molar-refractivity contribution is -0.137. The first kappa shape index (κ1) is 12.1. The lowest BCUT2D eigenvalue weighted by atomic mass is 10.1. The van der Waals surface area contributed by atoms with Crippen molar-refractivity contribution < 1.29 is 15.1 Å². The summed E-state index contributed by atoms with van der Waals surface area (Å²) in [5, 5.41) is 14.7. The van der Waals surface area contributed by atoms with E-state index in [0.717, 1.165) is 6.42 Å². The Morgan fingerprint density at radius 1 is 1.60 bits per heavy atom. The van der Waals surface area contributed by atoms with Crippen LogP contribution in [0.1, 0.15) is 26.7 Å². The Morgan fingerprint density at radius 2 is 2.00 bits per heavy atom. The number of hydrogen-bond acceptors (Lipinski definition) is 3. The van der Waals surface area contributed by atoms with Crippen LogP contribution in [0.5, 0.6) is 0 Å². The fourth-order valence-corrected chi connectivity index (χ4v) is 0.442. The van der Waals surface area contributed by atoms with Gasteiger partial charge in [0.05, 0.1) is 0 Å². The van der Waals surface area contributed by atoms with Crippen LogP contribution in [0.15, 0.2) is 0 Å². The molecular formula is C6H15NO3. The fraction of sp³-hybridized carbons (Fsp3) is 0.833. The van der Waals surface area contributed by atoms with Crippen LogP contribution in [0, 0.1) is 5.92 Å². The molecule has 0 radical (unpaired) electrons. The molecule has 0 aliphatic rings. The highest BCUT2D eigenvalue weighted by Gasteiger charge is 2.02. The Kier molecular flexibility index (Phi) is 10.2. The van der Waals surface area contributed by atoms with Gasteiger partial charge in [-0.1, -0.05) is 20.3 Å². The number of nitrogens with two attached hydrogens (primary N) is 1. The van der Waals surface area contributed by atoms with Crippen molar-refractivity contribution in [3.63, 3.8) is 0 Å². The van der Waals surface area contributed by atoms with Crippen molar-refractivity contribution in [2.75, 3.05) is 0 Å². The molecule has 0 amide bonds. The Labute approximate surface area is 60.6 Å². The second kappa shape index (κ2) is 8.39. The molecule has 4 N–H and O–H groups in total. The van der Waals surface area contributed by atoms with Crippen LogP contribution in [0.4, 0.5) is 0 Å². The molecule has 0 aromatic carbocycles. The quantitative estimate of drug-likeness (QED) is 0.519. The van der Waals surface area contributed by atoms with Crippen LogP contribution in [-0.2, 0) is 4.79 Å². The van der Waals surface area contributed by atoms with Crippen LogP contribution in [0.25, 0.3) is 0 Å². The summed E-state index contributed by atoms with van der Waals surface area (Å²) in [5.74, 6) is 3.13. The van der Waals surface area contributed by atoms with Crippen molar-refractivity contribution in [1.82, 2.24) is 0 Å². The maximum absolute atomic E-state index is 9.97. The van der Waals surface area contributed by atoms with Gasteiger partial charge >= 0.3 is 5.97 Å². The summed E-state index contributed by atoms with van der Waals surface area (Å²) in [7, 11) is 0. The van der Waals surface area contributed by atoms with E-state index in [-0.39, 0.29) is 0 Å². The summed E-state index contributed by atoms with van der Waals surface area (Å²) in [5.41, 5.74) is 0. The van der Waals surface area contributed by atoms with Crippen LogP contribution in [0.2, 0.25) is 0 Å². The predicted octanol–water partition coefficient (Wildman–Crippen LogP) is 0.842. The molecule has 0 spiro atoms. The summed E-state index contributed by atoms with van der Waals surface area (Å²) >= 11 is 0. The van der Waals surface area contributed by atoms with Crippen LogP contribution < -0.4 is 5.90 Å². The molecule has 0 saturated carbocycles. The minimum absolute atomic E-state index is 0.302. The fourth-order valence-electron chi connectivity index (χ4n) is 0.442. The molecule has 0 rings (SSSR count). The van der Waals surface area contributed by atoms with Crippen LogP contribution >= 0.6 is 0 Å². The monoisotopic (exact) mass is 149 g/mol. The molecule has 10 heavy (non-hydrogen) atoms. The van der Waals surface area contributed by atoms with E-state index in [1.165, 1.54) is 0 Å². The van der Waals surface area contributed by atoms with Gasteiger partial charge in [-0.05, 0) is 5.92 Å². The third kappa shape index (κ3) is 10.4. The second-order valence-corrected chi connectivity index (χ2v) is 2.11. The van der Waals surface area contributed by atoms with Gasteiger partial charge in [-0.3, -0.25) is 4.79 Å². The number of aliphatic carboxylic acids is 1. The maximum Gasteiger partial charge on any atom is 0.303 e. The van der Waals surface area contributed by atoms with Gasteiger partial charge in [-0.2, -0.15) is 0 Å². The number of rotatable bonds is 3. The molecular weight excluding hydrogens is 134 g/mol. The Morgan fingerprint density at radius 3 is 2.10 bits per heavy atom. The maximum atomic E-state index is 9.97. The largest absolute Gasteiger partial charge is 0.481 e. The first-order chi connectivity index (χ1) is 4.66. The van der Waals surface area contributed by atoms with Gasteiger partial charge in [0.15, 0.2) is 0 Å². The summed E-state index contributed by atoms with van der Waals surface area (Å²) in [6, 6.07) is 0. The van der Waals surface area contributed by atoms with E-state index in [2.05, 4.69) is 5.90 Å². The van der Waals surface area contributed by atoms with Crippen LogP contribution in [-0.4, -0.2) is 16.3 Å². The molecule has 0 heterocycles. The van der Waals surface area contributed by atoms with Crippen molar-refractivity contribution in [3.05, 3.63) is 0 Å². The van der Waals surface area contributed by atoms with E-state index in [1.807, 2.05) is 13.8 Å². The number of hydrogen-bond donors (Lipinski definition) is 3. The predicted molar refractivity (Wildman–Crippen MR) is 37.7 cm³/mol. The minimum Gasteiger partial charge on any atom is -0.481 e. The van der Waals surface area contributed by atoms with E-state index < -0.39 is 5.97 Å². The average molecular weight is 149 g/mol. The number of carboxylic acids is 1. The highest BCUT2D eigenvalue weighted by atomic mass is 16.4. The molecule has 4 nitrogen and oxygen atoms in total. The topological polar surface area (TPSA) is 83.5 Å². The van der Waals surface area contributed by atoms with Gasteiger partial charge in [0.2, 0.25) is 0 Å². The van der Waals surface area contributed by atoms with Crippen molar-refractivity contribution in [2.24, 2.45) is 11.8 Å². The SMILES string of the molecule is CCC(C)CC(=O)O.NO. The van der Waals surface area contributed by atoms with Gasteiger partial charge in [0, 0.05) is 6.42 Å². The highest BCUT2D eigenvalue weighted by molar-refractivity contribution is 5.66. The first-order valence-corrected chi connectivity index (χ1v) is 3.14. The summed E-state index contributed by atoms with van der Waals surface area (Å²) in [6.07, 6.45) is 1.25. The lowest BCUT2D eigenvalue weighted by Gasteiger charge is -2.00. The molecule has 0 bridgehead atoms. The smallest absolute Gasteiger partial charge is 0.303 e. The molecule has 4 heteroatoms. The molecule has 62 valence electrons. The Balaban J connectivity index is 0. The molecule has 0 aliphatic heterocycles. The van der Waals surface area contributed by atoms with Crippen LogP contribution in [0.3, 0.4) is 0 Å². The van der Waals surface area contributed by atoms with Gasteiger partial charge in [0.1, 0.15) is 0 Å². The summed E-state index contributed by atoms with van der Waals surface area (Å²) < 4.78 is 0. The lowest BCUT2D eigenvalue weighted by Crippen LogP contribution is -2.02. The van der Waals surface area contributed by atoms with Crippen molar-refractivity contribution in [2.45, 2.75) is 26.7 Å². The molecule has 0 saturated heterocycles. The zero-order chi connectivity index (χ0) is 8.57. The van der Waals surface area contributed by atoms with E-state index in [4.69, 9.17) is 10.3 Å². The molecule has 0 aliphatic carbocycles. The van der Waals surface area contributed by atoms with Crippen molar-refractivity contribution in [3.8, 4) is 0 Å². The van der Waals surface area contributed by atoms with Crippen molar-refractivity contribution in [1.29, 1.82) is 0 Å². The van der Waals surface area contributed by atoms with Gasteiger partial charge in [-0.15, -0.1) is 0 Å². The zero-order valence-electron chi connectivity index (χ0n) is 6.37. The Hall–Kier alpha value is -0.610.